The number of halogens is 1. The molecule has 0 aromatic heterocycles. The minimum absolute atomic E-state index is 0.232. The molecule has 2 N–H and O–H groups in total. The molecule has 0 aliphatic carbocycles. The molecule has 0 fully saturated rings. The molecule has 0 saturated heterocycles. The van der Waals surface area contributed by atoms with Crippen LogP contribution in [0.2, 0.25) is 0 Å². The number of aliphatic carboxylic acids is 1. The Morgan fingerprint density at radius 3 is 2.05 bits per heavy atom. The first-order valence-corrected chi connectivity index (χ1v) is 6.04. The van der Waals surface area contributed by atoms with Gasteiger partial charge in [0.1, 0.15) is 11.9 Å². The average Bonchev–Trinajstić information content (AvgIpc) is 2.31. The first-order chi connectivity index (χ1) is 8.73. The van der Waals surface area contributed by atoms with Crippen LogP contribution < -0.4 is 5.32 Å². The van der Waals surface area contributed by atoms with E-state index in [2.05, 4.69) is 5.32 Å². The van der Waals surface area contributed by atoms with Gasteiger partial charge in [-0.25, -0.2) is 9.18 Å². The van der Waals surface area contributed by atoms with E-state index in [9.17, 15) is 14.0 Å². The van der Waals surface area contributed by atoms with E-state index in [1.165, 1.54) is 12.1 Å². The van der Waals surface area contributed by atoms with Crippen molar-refractivity contribution in [1.29, 1.82) is 0 Å². The highest BCUT2D eigenvalue weighted by Gasteiger charge is 2.24. The van der Waals surface area contributed by atoms with E-state index in [1.807, 2.05) is 0 Å². The van der Waals surface area contributed by atoms with Crippen LogP contribution in [0.25, 0.3) is 0 Å². The van der Waals surface area contributed by atoms with Crippen LogP contribution in [0.3, 0.4) is 0 Å². The summed E-state index contributed by atoms with van der Waals surface area (Å²) in [6.45, 7) is 6.55. The van der Waals surface area contributed by atoms with Gasteiger partial charge in [0.15, 0.2) is 0 Å². The van der Waals surface area contributed by atoms with Crippen molar-refractivity contribution < 1.29 is 19.1 Å². The number of amides is 1. The van der Waals surface area contributed by atoms with Crippen molar-refractivity contribution >= 4 is 11.9 Å². The molecular formula is C14H18FNO3. The number of aryl methyl sites for hydroxylation is 2. The van der Waals surface area contributed by atoms with E-state index in [0.29, 0.717) is 11.1 Å². The summed E-state index contributed by atoms with van der Waals surface area (Å²) < 4.78 is 13.5. The predicted molar refractivity (Wildman–Crippen MR) is 69.6 cm³/mol. The molecule has 0 aliphatic heterocycles. The quantitative estimate of drug-likeness (QED) is 0.879. The summed E-state index contributed by atoms with van der Waals surface area (Å²) in [7, 11) is 0. The zero-order chi connectivity index (χ0) is 14.7. The van der Waals surface area contributed by atoms with Crippen molar-refractivity contribution in [1.82, 2.24) is 5.32 Å². The van der Waals surface area contributed by atoms with E-state index < -0.39 is 17.9 Å². The summed E-state index contributed by atoms with van der Waals surface area (Å²) in [5.74, 6) is -2.18. The van der Waals surface area contributed by atoms with Gasteiger partial charge in [-0.05, 0) is 43.0 Å². The zero-order valence-electron chi connectivity index (χ0n) is 11.5. The molecular weight excluding hydrogens is 249 g/mol. The number of carboxylic acids is 1. The van der Waals surface area contributed by atoms with Crippen molar-refractivity contribution in [2.45, 2.75) is 33.7 Å². The van der Waals surface area contributed by atoms with E-state index >= 15 is 0 Å². The van der Waals surface area contributed by atoms with Crippen LogP contribution in [0.1, 0.15) is 35.3 Å². The largest absolute Gasteiger partial charge is 0.480 e. The minimum Gasteiger partial charge on any atom is -0.480 e. The normalized spacial score (nSPS) is 12.3. The van der Waals surface area contributed by atoms with Crippen LogP contribution in [-0.2, 0) is 4.79 Å². The Labute approximate surface area is 111 Å². The number of carboxylic acid groups (broad SMARTS) is 1. The van der Waals surface area contributed by atoms with E-state index in [0.717, 1.165) is 0 Å². The van der Waals surface area contributed by atoms with Crippen molar-refractivity contribution in [2.75, 3.05) is 0 Å². The molecule has 0 radical (unpaired) electrons. The number of carbonyl (C=O) groups is 2. The Kier molecular flexibility index (Phi) is 4.64. The second-order valence-electron chi connectivity index (χ2n) is 4.96. The number of hydrogen-bond donors (Lipinski definition) is 2. The zero-order valence-corrected chi connectivity index (χ0v) is 11.5. The lowest BCUT2D eigenvalue weighted by Gasteiger charge is -2.18. The van der Waals surface area contributed by atoms with Crippen molar-refractivity contribution in [3.05, 3.63) is 34.6 Å². The average molecular weight is 267 g/mol. The fourth-order valence-corrected chi connectivity index (χ4v) is 1.82. The number of nitrogens with one attached hydrogen (secondary N) is 1. The molecule has 5 heteroatoms. The lowest BCUT2D eigenvalue weighted by atomic mass is 10.0. The standard InChI is InChI=1S/C14H18FNO3/c1-7(2)12(14(18)19)16-13(17)10-5-8(3)11(15)9(4)6-10/h5-7,12H,1-4H3,(H,16,17)(H,18,19)/t12-/m0/s1. The third-order valence-electron chi connectivity index (χ3n) is 2.92. The minimum atomic E-state index is -1.08. The fraction of sp³-hybridized carbons (Fsp3) is 0.429. The topological polar surface area (TPSA) is 66.4 Å². The van der Waals surface area contributed by atoms with Crippen molar-refractivity contribution in [2.24, 2.45) is 5.92 Å². The van der Waals surface area contributed by atoms with Crippen LogP contribution in [0, 0.1) is 25.6 Å². The van der Waals surface area contributed by atoms with Crippen LogP contribution in [0.15, 0.2) is 12.1 Å². The van der Waals surface area contributed by atoms with Gasteiger partial charge in [-0.15, -0.1) is 0 Å². The third kappa shape index (κ3) is 3.53. The molecule has 0 aliphatic rings. The van der Waals surface area contributed by atoms with Gasteiger partial charge in [0.25, 0.3) is 5.91 Å². The first kappa shape index (κ1) is 15.1. The van der Waals surface area contributed by atoms with Gasteiger partial charge in [-0.1, -0.05) is 13.8 Å². The SMILES string of the molecule is Cc1cc(C(=O)N[C@H](C(=O)O)C(C)C)cc(C)c1F. The maximum absolute atomic E-state index is 13.5. The van der Waals surface area contributed by atoms with Gasteiger partial charge in [-0.2, -0.15) is 0 Å². The van der Waals surface area contributed by atoms with Crippen molar-refractivity contribution in [3.63, 3.8) is 0 Å². The molecule has 0 heterocycles. The lowest BCUT2D eigenvalue weighted by molar-refractivity contribution is -0.140. The summed E-state index contributed by atoms with van der Waals surface area (Å²) in [5, 5.41) is 11.5. The summed E-state index contributed by atoms with van der Waals surface area (Å²) in [5.41, 5.74) is 0.992. The van der Waals surface area contributed by atoms with Gasteiger partial charge in [0, 0.05) is 5.56 Å². The van der Waals surface area contributed by atoms with Gasteiger partial charge < -0.3 is 10.4 Å². The molecule has 1 aromatic rings. The number of benzene rings is 1. The van der Waals surface area contributed by atoms with Crippen molar-refractivity contribution in [3.8, 4) is 0 Å². The summed E-state index contributed by atoms with van der Waals surface area (Å²) in [6, 6.07) is 1.87. The molecule has 1 aromatic carbocycles. The van der Waals surface area contributed by atoms with Crippen LogP contribution in [0.4, 0.5) is 4.39 Å². The van der Waals surface area contributed by atoms with Gasteiger partial charge in [0.2, 0.25) is 0 Å². The molecule has 0 unspecified atom stereocenters. The summed E-state index contributed by atoms with van der Waals surface area (Å²) >= 11 is 0. The van der Waals surface area contributed by atoms with Crippen LogP contribution in [0.5, 0.6) is 0 Å². The van der Waals surface area contributed by atoms with Gasteiger partial charge in [0.05, 0.1) is 0 Å². The lowest BCUT2D eigenvalue weighted by Crippen LogP contribution is -2.44. The van der Waals surface area contributed by atoms with Gasteiger partial charge in [-0.3, -0.25) is 4.79 Å². The first-order valence-electron chi connectivity index (χ1n) is 6.04. The molecule has 19 heavy (non-hydrogen) atoms. The molecule has 4 nitrogen and oxygen atoms in total. The molecule has 1 rings (SSSR count). The maximum Gasteiger partial charge on any atom is 0.326 e. The number of rotatable bonds is 4. The smallest absolute Gasteiger partial charge is 0.326 e. The van der Waals surface area contributed by atoms with Crippen LogP contribution >= 0.6 is 0 Å². The van der Waals surface area contributed by atoms with Crippen LogP contribution in [-0.4, -0.2) is 23.0 Å². The third-order valence-corrected chi connectivity index (χ3v) is 2.92. The Morgan fingerprint density at radius 2 is 1.68 bits per heavy atom. The van der Waals surface area contributed by atoms with Gasteiger partial charge >= 0.3 is 5.97 Å². The van der Waals surface area contributed by atoms with E-state index in [-0.39, 0.29) is 17.3 Å². The number of carbonyl (C=O) groups excluding carboxylic acids is 1. The molecule has 0 spiro atoms. The highest BCUT2D eigenvalue weighted by atomic mass is 19.1. The summed E-state index contributed by atoms with van der Waals surface area (Å²) in [6.07, 6.45) is 0. The number of hydrogen-bond acceptors (Lipinski definition) is 2. The molecule has 104 valence electrons. The van der Waals surface area contributed by atoms with E-state index in [4.69, 9.17) is 5.11 Å². The highest BCUT2D eigenvalue weighted by molar-refractivity contribution is 5.97. The Balaban J connectivity index is 2.98. The Bertz CT molecular complexity index is 488. The van der Waals surface area contributed by atoms with E-state index in [1.54, 1.807) is 27.7 Å². The summed E-state index contributed by atoms with van der Waals surface area (Å²) in [4.78, 5) is 23.0. The Hall–Kier alpha value is -1.91. The highest BCUT2D eigenvalue weighted by Crippen LogP contribution is 2.15. The Morgan fingerprint density at radius 1 is 1.21 bits per heavy atom. The monoisotopic (exact) mass is 267 g/mol. The molecule has 0 saturated carbocycles. The maximum atomic E-state index is 13.5. The predicted octanol–water partition coefficient (Wildman–Crippen LogP) is 2.28. The molecule has 1 amide bonds. The second kappa shape index (κ2) is 5.82. The fourth-order valence-electron chi connectivity index (χ4n) is 1.82. The molecule has 0 bridgehead atoms. The molecule has 1 atom stereocenters. The second-order valence-corrected chi connectivity index (χ2v) is 4.96.